The molecule has 2 aromatic heterocycles. The zero-order valence-corrected chi connectivity index (χ0v) is 12.9. The maximum atomic E-state index is 13.0. The summed E-state index contributed by atoms with van der Waals surface area (Å²) in [6, 6.07) is 3.57. The second-order valence-electron chi connectivity index (χ2n) is 5.26. The van der Waals surface area contributed by atoms with E-state index in [9.17, 15) is 8.42 Å². The SMILES string of the molecule is CCN(C1CCCNC1)S(=O)(=O)c1c[nH]c2ncccc12. The number of aromatic amines is 1. The van der Waals surface area contributed by atoms with Crippen LogP contribution in [0.3, 0.4) is 0 Å². The van der Waals surface area contributed by atoms with Crippen LogP contribution in [0.1, 0.15) is 19.8 Å². The number of fused-ring (bicyclic) bond motifs is 1. The molecule has 3 heterocycles. The Hall–Kier alpha value is -1.44. The number of piperidine rings is 1. The van der Waals surface area contributed by atoms with Gasteiger partial charge in [0.25, 0.3) is 0 Å². The fourth-order valence-corrected chi connectivity index (χ4v) is 4.79. The van der Waals surface area contributed by atoms with Gasteiger partial charge >= 0.3 is 0 Å². The number of nitrogens with one attached hydrogen (secondary N) is 2. The lowest BCUT2D eigenvalue weighted by atomic mass is 10.1. The highest BCUT2D eigenvalue weighted by atomic mass is 32.2. The molecule has 1 unspecified atom stereocenters. The molecule has 6 nitrogen and oxygen atoms in total. The minimum absolute atomic E-state index is 0.0235. The van der Waals surface area contributed by atoms with E-state index in [1.165, 1.54) is 0 Å². The van der Waals surface area contributed by atoms with Crippen molar-refractivity contribution >= 4 is 21.1 Å². The molecule has 1 aliphatic heterocycles. The van der Waals surface area contributed by atoms with E-state index in [4.69, 9.17) is 0 Å². The van der Waals surface area contributed by atoms with E-state index in [0.717, 1.165) is 19.4 Å². The van der Waals surface area contributed by atoms with E-state index in [-0.39, 0.29) is 6.04 Å². The van der Waals surface area contributed by atoms with Gasteiger partial charge in [-0.25, -0.2) is 13.4 Å². The molecule has 0 aliphatic carbocycles. The van der Waals surface area contributed by atoms with Crippen molar-refractivity contribution < 1.29 is 8.42 Å². The van der Waals surface area contributed by atoms with Gasteiger partial charge in [0.15, 0.2) is 0 Å². The van der Waals surface area contributed by atoms with Gasteiger partial charge < -0.3 is 10.3 Å². The van der Waals surface area contributed by atoms with Crippen LogP contribution in [0, 0.1) is 0 Å². The Morgan fingerprint density at radius 1 is 1.48 bits per heavy atom. The number of hydrogen-bond donors (Lipinski definition) is 2. The fraction of sp³-hybridized carbons (Fsp3) is 0.500. The van der Waals surface area contributed by atoms with E-state index in [1.54, 1.807) is 28.8 Å². The summed E-state index contributed by atoms with van der Waals surface area (Å²) >= 11 is 0. The second-order valence-corrected chi connectivity index (χ2v) is 7.12. The lowest BCUT2D eigenvalue weighted by Crippen LogP contribution is -2.48. The zero-order chi connectivity index (χ0) is 14.9. The molecule has 1 saturated heterocycles. The molecule has 3 rings (SSSR count). The highest BCUT2D eigenvalue weighted by Crippen LogP contribution is 2.26. The van der Waals surface area contributed by atoms with Gasteiger partial charge in [0.1, 0.15) is 10.5 Å². The highest BCUT2D eigenvalue weighted by molar-refractivity contribution is 7.89. The molecule has 1 atom stereocenters. The third kappa shape index (κ3) is 2.56. The van der Waals surface area contributed by atoms with Gasteiger partial charge in [-0.2, -0.15) is 4.31 Å². The van der Waals surface area contributed by atoms with Crippen LogP contribution < -0.4 is 5.32 Å². The molecule has 2 N–H and O–H groups in total. The summed E-state index contributed by atoms with van der Waals surface area (Å²) in [4.78, 5) is 7.42. The van der Waals surface area contributed by atoms with Crippen LogP contribution in [-0.4, -0.2) is 48.4 Å². The molecule has 2 aromatic rings. The number of sulfonamides is 1. The first kappa shape index (κ1) is 14.5. The van der Waals surface area contributed by atoms with Gasteiger partial charge in [-0.15, -0.1) is 0 Å². The van der Waals surface area contributed by atoms with Crippen LogP contribution >= 0.6 is 0 Å². The summed E-state index contributed by atoms with van der Waals surface area (Å²) < 4.78 is 27.6. The number of hydrogen-bond acceptors (Lipinski definition) is 4. The van der Waals surface area contributed by atoms with Crippen molar-refractivity contribution in [3.05, 3.63) is 24.5 Å². The maximum absolute atomic E-state index is 13.0. The maximum Gasteiger partial charge on any atom is 0.245 e. The van der Waals surface area contributed by atoms with Crippen LogP contribution in [0.15, 0.2) is 29.4 Å². The van der Waals surface area contributed by atoms with Gasteiger partial charge in [0.05, 0.1) is 0 Å². The largest absolute Gasteiger partial charge is 0.345 e. The predicted molar refractivity (Wildman–Crippen MR) is 81.6 cm³/mol. The molecule has 1 fully saturated rings. The van der Waals surface area contributed by atoms with E-state index in [2.05, 4.69) is 15.3 Å². The summed E-state index contributed by atoms with van der Waals surface area (Å²) in [5.74, 6) is 0. The Balaban J connectivity index is 2.01. The van der Waals surface area contributed by atoms with Crippen molar-refractivity contribution in [2.75, 3.05) is 19.6 Å². The van der Waals surface area contributed by atoms with Gasteiger partial charge in [-0.1, -0.05) is 6.92 Å². The van der Waals surface area contributed by atoms with Crippen LogP contribution in [0.25, 0.3) is 11.0 Å². The van der Waals surface area contributed by atoms with Crippen molar-refractivity contribution in [3.8, 4) is 0 Å². The van der Waals surface area contributed by atoms with Crippen molar-refractivity contribution in [2.45, 2.75) is 30.7 Å². The Morgan fingerprint density at radius 2 is 2.33 bits per heavy atom. The number of pyridine rings is 1. The average molecular weight is 308 g/mol. The third-order valence-corrected chi connectivity index (χ3v) is 6.06. The molecule has 0 saturated carbocycles. The summed E-state index contributed by atoms with van der Waals surface area (Å²) in [5.41, 5.74) is 0.605. The summed E-state index contributed by atoms with van der Waals surface area (Å²) in [6.45, 7) is 4.04. The molecular formula is C14H20N4O2S. The number of rotatable bonds is 4. The molecule has 0 amide bonds. The third-order valence-electron chi connectivity index (χ3n) is 3.99. The van der Waals surface area contributed by atoms with E-state index < -0.39 is 10.0 Å². The van der Waals surface area contributed by atoms with E-state index in [1.807, 2.05) is 6.92 Å². The lowest BCUT2D eigenvalue weighted by Gasteiger charge is -2.32. The predicted octanol–water partition coefficient (Wildman–Crippen LogP) is 1.33. The van der Waals surface area contributed by atoms with Gasteiger partial charge in [-0.05, 0) is 31.5 Å². The molecule has 0 spiro atoms. The minimum Gasteiger partial charge on any atom is -0.345 e. The summed E-state index contributed by atoms with van der Waals surface area (Å²) in [5, 5.41) is 3.93. The molecule has 0 radical (unpaired) electrons. The molecule has 7 heteroatoms. The summed E-state index contributed by atoms with van der Waals surface area (Å²) in [7, 11) is -3.51. The molecule has 21 heavy (non-hydrogen) atoms. The Morgan fingerprint density at radius 3 is 3.05 bits per heavy atom. The first-order chi connectivity index (χ1) is 10.1. The number of likely N-dealkylation sites (N-methyl/N-ethyl adjacent to an activating group) is 1. The van der Waals surface area contributed by atoms with Gasteiger partial charge in [0.2, 0.25) is 10.0 Å². The Kier molecular flexibility index (Phi) is 3.97. The first-order valence-corrected chi connectivity index (χ1v) is 8.73. The smallest absolute Gasteiger partial charge is 0.245 e. The minimum atomic E-state index is -3.51. The van der Waals surface area contributed by atoms with Crippen molar-refractivity contribution in [1.82, 2.24) is 19.6 Å². The average Bonchev–Trinajstić information content (AvgIpc) is 2.93. The van der Waals surface area contributed by atoms with Crippen LogP contribution in [0.4, 0.5) is 0 Å². The zero-order valence-electron chi connectivity index (χ0n) is 12.0. The number of H-pyrrole nitrogens is 1. The molecular weight excluding hydrogens is 288 g/mol. The van der Waals surface area contributed by atoms with Crippen molar-refractivity contribution in [1.29, 1.82) is 0 Å². The van der Waals surface area contributed by atoms with Crippen LogP contribution in [-0.2, 0) is 10.0 Å². The van der Waals surface area contributed by atoms with Crippen molar-refractivity contribution in [3.63, 3.8) is 0 Å². The van der Waals surface area contributed by atoms with Crippen LogP contribution in [0.2, 0.25) is 0 Å². The van der Waals surface area contributed by atoms with Gasteiger partial charge in [-0.3, -0.25) is 0 Å². The lowest BCUT2D eigenvalue weighted by molar-refractivity contribution is 0.274. The molecule has 1 aliphatic rings. The molecule has 114 valence electrons. The first-order valence-electron chi connectivity index (χ1n) is 7.29. The topological polar surface area (TPSA) is 78.1 Å². The number of nitrogens with zero attached hydrogens (tertiary/aromatic N) is 2. The standard InChI is InChI=1S/C14H20N4O2S/c1-2-18(11-5-3-7-15-9-11)21(19,20)13-10-17-14-12(13)6-4-8-16-14/h4,6,8,10-11,15H,2-3,5,7,9H2,1H3,(H,16,17). The quantitative estimate of drug-likeness (QED) is 0.893. The Bertz CT molecular complexity index is 719. The van der Waals surface area contributed by atoms with E-state index >= 15 is 0 Å². The normalized spacial score (nSPS) is 20.2. The second kappa shape index (κ2) is 5.75. The summed E-state index contributed by atoms with van der Waals surface area (Å²) in [6.07, 6.45) is 5.11. The molecule has 0 bridgehead atoms. The number of aromatic nitrogens is 2. The highest BCUT2D eigenvalue weighted by Gasteiger charge is 2.32. The molecule has 0 aromatic carbocycles. The van der Waals surface area contributed by atoms with Crippen molar-refractivity contribution in [2.24, 2.45) is 0 Å². The van der Waals surface area contributed by atoms with E-state index in [0.29, 0.717) is 29.0 Å². The Labute approximate surface area is 124 Å². The van der Waals surface area contributed by atoms with Gasteiger partial charge in [0, 0.05) is 36.9 Å². The fourth-order valence-electron chi connectivity index (χ4n) is 2.97. The van der Waals surface area contributed by atoms with Crippen LogP contribution in [0.5, 0.6) is 0 Å². The monoisotopic (exact) mass is 308 g/mol.